The third-order valence-electron chi connectivity index (χ3n) is 5.45. The molecule has 6 nitrogen and oxygen atoms in total. The first kappa shape index (κ1) is 25.2. The maximum Gasteiger partial charge on any atom is 0.416 e. The molecule has 0 saturated carbocycles. The van der Waals surface area contributed by atoms with Crippen LogP contribution in [0.5, 0.6) is 5.75 Å². The normalized spacial score (nSPS) is 16.3. The lowest BCUT2D eigenvalue weighted by Gasteiger charge is -2.26. The van der Waals surface area contributed by atoms with E-state index in [9.17, 15) is 26.4 Å². The van der Waals surface area contributed by atoms with E-state index < -0.39 is 26.8 Å². The lowest BCUT2D eigenvalue weighted by atomic mass is 10.1. The molecule has 4 rings (SSSR count). The Morgan fingerprint density at radius 1 is 1.11 bits per heavy atom. The Balaban J connectivity index is 1.60. The van der Waals surface area contributed by atoms with Gasteiger partial charge >= 0.3 is 16.3 Å². The van der Waals surface area contributed by atoms with Gasteiger partial charge in [-0.15, -0.1) is 11.3 Å². The van der Waals surface area contributed by atoms with Crippen LogP contribution in [0.2, 0.25) is 0 Å². The van der Waals surface area contributed by atoms with Crippen molar-refractivity contribution in [3.8, 4) is 5.75 Å². The Hall–Kier alpha value is -2.89. The molecule has 0 aliphatic carbocycles. The Morgan fingerprint density at radius 2 is 1.91 bits per heavy atom. The molecule has 0 N–H and O–H groups in total. The number of carbonyl (C=O) groups excluding carboxylic acids is 1. The van der Waals surface area contributed by atoms with Crippen molar-refractivity contribution in [3.05, 3.63) is 82.0 Å². The van der Waals surface area contributed by atoms with Gasteiger partial charge in [-0.3, -0.25) is 4.79 Å². The van der Waals surface area contributed by atoms with Crippen molar-refractivity contribution in [2.24, 2.45) is 0 Å². The average Bonchev–Trinajstić information content (AvgIpc) is 3.53. The van der Waals surface area contributed by atoms with Crippen LogP contribution in [0.25, 0.3) is 0 Å². The number of rotatable bonds is 8. The predicted molar refractivity (Wildman–Crippen MR) is 124 cm³/mol. The molecule has 0 bridgehead atoms. The van der Waals surface area contributed by atoms with E-state index in [0.29, 0.717) is 29.7 Å². The molecule has 11 heteroatoms. The standard InChI is InChI=1S/C24H22F3NO5S2/c25-24(26,27)18-7-3-9-20(14-18)35(30,31)33-21-10-2-1-6-17(21)15-28(16-19-8-4-12-32-19)23(29)22-11-5-13-34-22/h1-3,5-7,9-11,13-14,19H,4,8,12,15-16H2. The molecule has 1 unspecified atom stereocenters. The first-order valence-electron chi connectivity index (χ1n) is 10.8. The number of para-hydroxylation sites is 1. The van der Waals surface area contributed by atoms with E-state index in [1.807, 2.05) is 0 Å². The topological polar surface area (TPSA) is 72.9 Å². The van der Waals surface area contributed by atoms with Gasteiger partial charge in [0.25, 0.3) is 5.91 Å². The van der Waals surface area contributed by atoms with E-state index in [-0.39, 0.29) is 24.3 Å². The molecule has 186 valence electrons. The van der Waals surface area contributed by atoms with Gasteiger partial charge in [0.05, 0.1) is 16.5 Å². The molecule has 3 aromatic rings. The molecule has 1 fully saturated rings. The second kappa shape index (κ2) is 10.4. The van der Waals surface area contributed by atoms with Crippen molar-refractivity contribution in [2.75, 3.05) is 13.2 Å². The highest BCUT2D eigenvalue weighted by Gasteiger charge is 2.32. The van der Waals surface area contributed by atoms with E-state index in [1.165, 1.54) is 17.4 Å². The highest BCUT2D eigenvalue weighted by atomic mass is 32.2. The molecule has 1 aliphatic rings. The zero-order valence-corrected chi connectivity index (χ0v) is 20.0. The highest BCUT2D eigenvalue weighted by Crippen LogP contribution is 2.32. The van der Waals surface area contributed by atoms with Crippen molar-refractivity contribution in [1.29, 1.82) is 0 Å². The first-order chi connectivity index (χ1) is 16.6. The molecular formula is C24H22F3NO5S2. The number of carbonyl (C=O) groups is 1. The summed E-state index contributed by atoms with van der Waals surface area (Å²) in [5, 5.41) is 1.79. The van der Waals surface area contributed by atoms with Crippen molar-refractivity contribution in [2.45, 2.75) is 36.6 Å². The summed E-state index contributed by atoms with van der Waals surface area (Å²) in [7, 11) is -4.57. The fourth-order valence-corrected chi connectivity index (χ4v) is 5.43. The molecule has 1 amide bonds. The summed E-state index contributed by atoms with van der Waals surface area (Å²) in [4.78, 5) is 14.6. The second-order valence-electron chi connectivity index (χ2n) is 7.97. The number of alkyl halides is 3. The summed E-state index contributed by atoms with van der Waals surface area (Å²) in [5.74, 6) is -0.299. The van der Waals surface area contributed by atoms with E-state index in [2.05, 4.69) is 0 Å². The van der Waals surface area contributed by atoms with Gasteiger partial charge in [-0.2, -0.15) is 21.6 Å². The molecule has 0 radical (unpaired) electrons. The van der Waals surface area contributed by atoms with Crippen molar-refractivity contribution in [3.63, 3.8) is 0 Å². The third kappa shape index (κ3) is 6.22. The van der Waals surface area contributed by atoms with Gasteiger partial charge in [0.2, 0.25) is 0 Å². The molecule has 35 heavy (non-hydrogen) atoms. The molecule has 1 saturated heterocycles. The summed E-state index contributed by atoms with van der Waals surface area (Å²) in [5.41, 5.74) is -0.703. The van der Waals surface area contributed by atoms with Crippen LogP contribution in [0.1, 0.15) is 33.6 Å². The lowest BCUT2D eigenvalue weighted by Crippen LogP contribution is -2.36. The Bertz CT molecular complexity index is 1270. The van der Waals surface area contributed by atoms with E-state index >= 15 is 0 Å². The quantitative estimate of drug-likeness (QED) is 0.371. The summed E-state index contributed by atoms with van der Waals surface area (Å²) in [6, 6.07) is 13.1. The smallest absolute Gasteiger partial charge is 0.379 e. The molecule has 2 aromatic carbocycles. The molecular weight excluding hydrogens is 503 g/mol. The zero-order chi connectivity index (χ0) is 25.1. The Morgan fingerprint density at radius 3 is 2.60 bits per heavy atom. The van der Waals surface area contributed by atoms with Crippen LogP contribution >= 0.6 is 11.3 Å². The van der Waals surface area contributed by atoms with Crippen LogP contribution in [0.3, 0.4) is 0 Å². The molecule has 1 aliphatic heterocycles. The Labute approximate surface area is 205 Å². The largest absolute Gasteiger partial charge is 0.416 e. The van der Waals surface area contributed by atoms with Crippen molar-refractivity contribution in [1.82, 2.24) is 4.90 Å². The minimum Gasteiger partial charge on any atom is -0.379 e. The van der Waals surface area contributed by atoms with Crippen LogP contribution in [0.4, 0.5) is 13.2 Å². The fraction of sp³-hybridized carbons (Fsp3) is 0.292. The number of hydrogen-bond donors (Lipinski definition) is 0. The highest BCUT2D eigenvalue weighted by molar-refractivity contribution is 7.87. The maximum atomic E-state index is 13.2. The zero-order valence-electron chi connectivity index (χ0n) is 18.4. The molecule has 0 spiro atoms. The van der Waals surface area contributed by atoms with Crippen LogP contribution < -0.4 is 4.18 Å². The van der Waals surface area contributed by atoms with Gasteiger partial charge < -0.3 is 13.8 Å². The lowest BCUT2D eigenvalue weighted by molar-refractivity contribution is -0.137. The Kier molecular flexibility index (Phi) is 7.48. The second-order valence-corrected chi connectivity index (χ2v) is 10.5. The van der Waals surface area contributed by atoms with Gasteiger partial charge in [0.1, 0.15) is 10.6 Å². The minimum absolute atomic E-state index is 0.0326. The number of halogens is 3. The van der Waals surface area contributed by atoms with E-state index in [4.69, 9.17) is 8.92 Å². The van der Waals surface area contributed by atoms with Gasteiger partial charge in [-0.25, -0.2) is 0 Å². The average molecular weight is 526 g/mol. The minimum atomic E-state index is -4.70. The number of ether oxygens (including phenoxy) is 1. The van der Waals surface area contributed by atoms with Gasteiger partial charge in [0, 0.05) is 25.3 Å². The van der Waals surface area contributed by atoms with Gasteiger partial charge in [-0.05, 0) is 48.6 Å². The number of nitrogens with zero attached hydrogens (tertiary/aromatic N) is 1. The number of benzene rings is 2. The van der Waals surface area contributed by atoms with Crippen molar-refractivity contribution < 1.29 is 35.3 Å². The number of thiophene rings is 1. The summed E-state index contributed by atoms with van der Waals surface area (Å²) >= 11 is 1.29. The van der Waals surface area contributed by atoms with E-state index in [1.54, 1.807) is 40.6 Å². The van der Waals surface area contributed by atoms with Gasteiger partial charge in [0.15, 0.2) is 0 Å². The summed E-state index contributed by atoms with van der Waals surface area (Å²) < 4.78 is 75.8. The van der Waals surface area contributed by atoms with Crippen LogP contribution in [0, 0.1) is 0 Å². The summed E-state index contributed by atoms with van der Waals surface area (Å²) in [6.45, 7) is 0.955. The molecule has 1 atom stereocenters. The molecule has 2 heterocycles. The van der Waals surface area contributed by atoms with Crippen LogP contribution in [0.15, 0.2) is 70.9 Å². The summed E-state index contributed by atoms with van der Waals surface area (Å²) in [6.07, 6.45) is -3.15. The third-order valence-corrected chi connectivity index (χ3v) is 7.54. The van der Waals surface area contributed by atoms with Crippen LogP contribution in [-0.4, -0.2) is 38.5 Å². The van der Waals surface area contributed by atoms with E-state index in [0.717, 1.165) is 31.0 Å². The number of amides is 1. The molecule has 1 aromatic heterocycles. The monoisotopic (exact) mass is 525 g/mol. The predicted octanol–water partition coefficient (Wildman–Crippen LogP) is 5.36. The van der Waals surface area contributed by atoms with Crippen molar-refractivity contribution >= 4 is 27.4 Å². The van der Waals surface area contributed by atoms with Crippen LogP contribution in [-0.2, 0) is 27.6 Å². The van der Waals surface area contributed by atoms with Gasteiger partial charge in [-0.1, -0.05) is 30.3 Å². The fourth-order valence-electron chi connectivity index (χ4n) is 3.73. The SMILES string of the molecule is O=C(c1cccs1)N(Cc1ccccc1OS(=O)(=O)c1cccc(C(F)(F)F)c1)CC1CCCO1. The maximum absolute atomic E-state index is 13.2. The number of hydrogen-bond acceptors (Lipinski definition) is 6. The first-order valence-corrected chi connectivity index (χ1v) is 13.1.